The van der Waals surface area contributed by atoms with Crippen molar-refractivity contribution in [3.8, 4) is 0 Å². The summed E-state index contributed by atoms with van der Waals surface area (Å²) in [5.41, 5.74) is 2.40. The Balaban J connectivity index is 2.07. The second-order valence-electron chi connectivity index (χ2n) is 4.12. The highest BCUT2D eigenvalue weighted by atomic mass is 35.5. The Morgan fingerprint density at radius 2 is 1.78 bits per heavy atom. The third-order valence-electron chi connectivity index (χ3n) is 3.04. The molecule has 0 radical (unpaired) electrons. The van der Waals surface area contributed by atoms with Crippen LogP contribution in [0.5, 0.6) is 0 Å². The lowest BCUT2D eigenvalue weighted by atomic mass is 10.1. The van der Waals surface area contributed by atoms with E-state index in [1.807, 2.05) is 24.3 Å². The van der Waals surface area contributed by atoms with Gasteiger partial charge in [-0.3, -0.25) is 4.79 Å². The van der Waals surface area contributed by atoms with Crippen LogP contribution in [-0.4, -0.2) is 5.91 Å². The van der Waals surface area contributed by atoms with Crippen LogP contribution < -0.4 is 4.90 Å². The molecule has 0 N–H and O–H groups in total. The van der Waals surface area contributed by atoms with Gasteiger partial charge in [0, 0.05) is 5.56 Å². The highest BCUT2D eigenvalue weighted by Crippen LogP contribution is 2.36. The number of hydrogen-bond acceptors (Lipinski definition) is 1. The van der Waals surface area contributed by atoms with E-state index in [1.54, 1.807) is 23.1 Å². The van der Waals surface area contributed by atoms with E-state index < -0.39 is 0 Å². The quantitative estimate of drug-likeness (QED) is 0.767. The highest BCUT2D eigenvalue weighted by molar-refractivity contribution is 6.44. The third kappa shape index (κ3) is 1.69. The maximum absolute atomic E-state index is 12.3. The van der Waals surface area contributed by atoms with Crippen LogP contribution >= 0.6 is 23.2 Å². The molecule has 0 aromatic heterocycles. The zero-order chi connectivity index (χ0) is 12.7. The first-order valence-electron chi connectivity index (χ1n) is 5.52. The number of carbonyl (C=O) groups excluding carboxylic acids is 1. The number of nitrogens with zero attached hydrogens (tertiary/aromatic N) is 1. The minimum atomic E-state index is -0.0326. The monoisotopic (exact) mass is 277 g/mol. The zero-order valence-corrected chi connectivity index (χ0v) is 10.9. The molecule has 4 heteroatoms. The van der Waals surface area contributed by atoms with Crippen molar-refractivity contribution in [3.05, 3.63) is 63.6 Å². The average Bonchev–Trinajstić information content (AvgIpc) is 2.71. The maximum Gasteiger partial charge on any atom is 0.258 e. The van der Waals surface area contributed by atoms with Gasteiger partial charge in [0.15, 0.2) is 0 Å². The lowest BCUT2D eigenvalue weighted by Crippen LogP contribution is -2.23. The molecule has 1 aliphatic heterocycles. The predicted octanol–water partition coefficient (Wildman–Crippen LogP) is 4.15. The fourth-order valence-electron chi connectivity index (χ4n) is 2.15. The van der Waals surface area contributed by atoms with Gasteiger partial charge >= 0.3 is 0 Å². The molecular formula is C14H9Cl2NO. The van der Waals surface area contributed by atoms with Crippen LogP contribution in [0, 0.1) is 0 Å². The van der Waals surface area contributed by atoms with Gasteiger partial charge in [0.1, 0.15) is 0 Å². The third-order valence-corrected chi connectivity index (χ3v) is 3.85. The second-order valence-corrected chi connectivity index (χ2v) is 4.91. The van der Waals surface area contributed by atoms with Gasteiger partial charge in [-0.05, 0) is 23.8 Å². The van der Waals surface area contributed by atoms with E-state index in [9.17, 15) is 4.79 Å². The van der Waals surface area contributed by atoms with Crippen molar-refractivity contribution in [2.45, 2.75) is 6.54 Å². The van der Waals surface area contributed by atoms with Crippen LogP contribution in [0.3, 0.4) is 0 Å². The predicted molar refractivity (Wildman–Crippen MR) is 73.4 cm³/mol. The van der Waals surface area contributed by atoms with E-state index in [4.69, 9.17) is 23.2 Å². The molecule has 90 valence electrons. The molecule has 0 aliphatic carbocycles. The molecule has 3 rings (SSSR count). The molecule has 0 spiro atoms. The molecule has 18 heavy (non-hydrogen) atoms. The first-order chi connectivity index (χ1) is 8.68. The topological polar surface area (TPSA) is 20.3 Å². The summed E-state index contributed by atoms with van der Waals surface area (Å²) in [6.45, 7) is 0.537. The minimum Gasteiger partial charge on any atom is -0.302 e. The molecule has 2 nitrogen and oxygen atoms in total. The van der Waals surface area contributed by atoms with Crippen molar-refractivity contribution in [3.63, 3.8) is 0 Å². The fraction of sp³-hybridized carbons (Fsp3) is 0.0714. The van der Waals surface area contributed by atoms with Crippen LogP contribution in [0.4, 0.5) is 5.69 Å². The second kappa shape index (κ2) is 4.30. The lowest BCUT2D eigenvalue weighted by molar-refractivity contribution is 0.0996. The number of halogens is 2. The fourth-order valence-corrected chi connectivity index (χ4v) is 2.55. The number of amides is 1. The molecule has 0 atom stereocenters. The van der Waals surface area contributed by atoms with Crippen molar-refractivity contribution in [2.24, 2.45) is 0 Å². The normalized spacial score (nSPS) is 13.9. The molecule has 1 aliphatic rings. The first-order valence-corrected chi connectivity index (χ1v) is 6.28. The van der Waals surface area contributed by atoms with Crippen molar-refractivity contribution in [2.75, 3.05) is 4.90 Å². The van der Waals surface area contributed by atoms with Gasteiger partial charge in [-0.1, -0.05) is 47.5 Å². The summed E-state index contributed by atoms with van der Waals surface area (Å²) < 4.78 is 0. The number of fused-ring (bicyclic) bond motifs is 1. The molecule has 0 saturated carbocycles. The number of rotatable bonds is 1. The summed E-state index contributed by atoms with van der Waals surface area (Å²) in [7, 11) is 0. The van der Waals surface area contributed by atoms with Crippen LogP contribution in [0.2, 0.25) is 10.0 Å². The minimum absolute atomic E-state index is 0.0326. The molecule has 0 saturated heterocycles. The van der Waals surface area contributed by atoms with E-state index >= 15 is 0 Å². The molecule has 1 amide bonds. The van der Waals surface area contributed by atoms with Crippen LogP contribution in [0.25, 0.3) is 0 Å². The van der Waals surface area contributed by atoms with Gasteiger partial charge < -0.3 is 4.90 Å². The standard InChI is InChI=1S/C14H9Cl2NO/c15-11-6-3-7-12(13(11)16)17-8-9-4-1-2-5-10(9)14(17)18/h1-7H,8H2. The molecule has 2 aromatic rings. The van der Waals surface area contributed by atoms with Gasteiger partial charge in [0.2, 0.25) is 0 Å². The van der Waals surface area contributed by atoms with Crippen LogP contribution in [-0.2, 0) is 6.54 Å². The Labute approximate surface area is 115 Å². The Kier molecular flexibility index (Phi) is 2.77. The number of benzene rings is 2. The van der Waals surface area contributed by atoms with Crippen molar-refractivity contribution in [1.82, 2.24) is 0 Å². The van der Waals surface area contributed by atoms with Crippen molar-refractivity contribution >= 4 is 34.8 Å². The lowest BCUT2D eigenvalue weighted by Gasteiger charge is -2.17. The molecule has 1 heterocycles. The van der Waals surface area contributed by atoms with E-state index in [2.05, 4.69) is 0 Å². The van der Waals surface area contributed by atoms with E-state index in [1.165, 1.54) is 0 Å². The van der Waals surface area contributed by atoms with Crippen molar-refractivity contribution < 1.29 is 4.79 Å². The summed E-state index contributed by atoms with van der Waals surface area (Å²) in [6, 6.07) is 12.9. The number of anilines is 1. The summed E-state index contributed by atoms with van der Waals surface area (Å²) in [4.78, 5) is 13.9. The van der Waals surface area contributed by atoms with Gasteiger partial charge in [-0.25, -0.2) is 0 Å². The summed E-state index contributed by atoms with van der Waals surface area (Å²) >= 11 is 12.1. The van der Waals surface area contributed by atoms with Gasteiger partial charge in [-0.15, -0.1) is 0 Å². The molecule has 2 aromatic carbocycles. The largest absolute Gasteiger partial charge is 0.302 e. The molecule has 0 unspecified atom stereocenters. The Bertz CT molecular complexity index is 639. The molecule has 0 fully saturated rings. The number of carbonyl (C=O) groups is 1. The SMILES string of the molecule is O=C1c2ccccc2CN1c1cccc(Cl)c1Cl. The average molecular weight is 278 g/mol. The van der Waals surface area contributed by atoms with Crippen LogP contribution in [0.15, 0.2) is 42.5 Å². The molecule has 0 bridgehead atoms. The van der Waals surface area contributed by atoms with Gasteiger partial charge in [-0.2, -0.15) is 0 Å². The summed E-state index contributed by atoms with van der Waals surface area (Å²) in [5.74, 6) is -0.0326. The van der Waals surface area contributed by atoms with E-state index in [-0.39, 0.29) is 5.91 Å². The Hall–Kier alpha value is -1.51. The molecular weight excluding hydrogens is 269 g/mol. The summed E-state index contributed by atoms with van der Waals surface area (Å²) in [6.07, 6.45) is 0. The van der Waals surface area contributed by atoms with E-state index in [0.29, 0.717) is 22.3 Å². The Morgan fingerprint density at radius 1 is 1.00 bits per heavy atom. The van der Waals surface area contributed by atoms with Gasteiger partial charge in [0.25, 0.3) is 5.91 Å². The number of hydrogen-bond donors (Lipinski definition) is 0. The van der Waals surface area contributed by atoms with E-state index in [0.717, 1.165) is 11.1 Å². The van der Waals surface area contributed by atoms with Crippen molar-refractivity contribution in [1.29, 1.82) is 0 Å². The zero-order valence-electron chi connectivity index (χ0n) is 9.36. The van der Waals surface area contributed by atoms with Crippen LogP contribution in [0.1, 0.15) is 15.9 Å². The smallest absolute Gasteiger partial charge is 0.258 e. The van der Waals surface area contributed by atoms with Gasteiger partial charge in [0.05, 0.1) is 22.3 Å². The maximum atomic E-state index is 12.3. The first kappa shape index (κ1) is 11.6. The highest BCUT2D eigenvalue weighted by Gasteiger charge is 2.29. The summed E-state index contributed by atoms with van der Waals surface area (Å²) in [5, 5.41) is 0.873. The Morgan fingerprint density at radius 3 is 2.56 bits per heavy atom.